The maximum absolute atomic E-state index is 5.10. The van der Waals surface area contributed by atoms with Gasteiger partial charge in [-0.15, -0.1) is 0 Å². The first-order valence-corrected chi connectivity index (χ1v) is 12.6. The van der Waals surface area contributed by atoms with E-state index in [1.54, 1.807) is 0 Å². The standard InChI is InChI=1S/C24H40N8/c1-28-13-6-20(7-14-28)25-22-21-8-15-31(12-5-11-30-9-3-4-10-30)23(21)27-24(26-22)32-18-16-29(2)17-19-32/h8,15,20H,3-7,9-14,16-19H2,1-2H3,(H,25,26,27). The number of likely N-dealkylation sites (tertiary alicyclic amines) is 2. The van der Waals surface area contributed by atoms with Gasteiger partial charge in [-0.3, -0.25) is 0 Å². The quantitative estimate of drug-likeness (QED) is 0.708. The van der Waals surface area contributed by atoms with Crippen LogP contribution in [0.15, 0.2) is 12.3 Å². The van der Waals surface area contributed by atoms with Crippen LogP contribution in [0.3, 0.4) is 0 Å². The molecule has 8 heteroatoms. The Labute approximate surface area is 192 Å². The van der Waals surface area contributed by atoms with Crippen LogP contribution in [-0.4, -0.2) is 108 Å². The van der Waals surface area contributed by atoms with Crippen molar-refractivity contribution in [3.05, 3.63) is 12.3 Å². The van der Waals surface area contributed by atoms with Crippen molar-refractivity contribution in [1.82, 2.24) is 29.2 Å². The van der Waals surface area contributed by atoms with E-state index in [4.69, 9.17) is 9.97 Å². The minimum absolute atomic E-state index is 0.489. The molecule has 0 aliphatic carbocycles. The second-order valence-corrected chi connectivity index (χ2v) is 10.0. The molecule has 32 heavy (non-hydrogen) atoms. The summed E-state index contributed by atoms with van der Waals surface area (Å²) in [7, 11) is 4.41. The lowest BCUT2D eigenvalue weighted by Crippen LogP contribution is -2.45. The number of hydrogen-bond donors (Lipinski definition) is 1. The minimum atomic E-state index is 0.489. The Morgan fingerprint density at radius 3 is 2.34 bits per heavy atom. The number of nitrogens with one attached hydrogen (secondary N) is 1. The third-order valence-corrected chi connectivity index (χ3v) is 7.52. The summed E-state index contributed by atoms with van der Waals surface area (Å²) in [5, 5.41) is 4.98. The van der Waals surface area contributed by atoms with E-state index in [2.05, 4.69) is 55.8 Å². The summed E-state index contributed by atoms with van der Waals surface area (Å²) >= 11 is 0. The Kier molecular flexibility index (Phi) is 6.80. The molecule has 0 atom stereocenters. The summed E-state index contributed by atoms with van der Waals surface area (Å²) in [6.45, 7) is 11.2. The van der Waals surface area contributed by atoms with Gasteiger partial charge in [-0.1, -0.05) is 0 Å². The highest BCUT2D eigenvalue weighted by molar-refractivity contribution is 5.89. The summed E-state index contributed by atoms with van der Waals surface area (Å²) in [5.74, 6) is 1.91. The molecule has 3 aliphatic heterocycles. The van der Waals surface area contributed by atoms with Gasteiger partial charge in [0.2, 0.25) is 5.95 Å². The van der Waals surface area contributed by atoms with Crippen molar-refractivity contribution in [3.63, 3.8) is 0 Å². The number of piperidine rings is 1. The maximum Gasteiger partial charge on any atom is 0.229 e. The normalized spacial score (nSPS) is 22.2. The lowest BCUT2D eigenvalue weighted by Gasteiger charge is -2.33. The third-order valence-electron chi connectivity index (χ3n) is 7.52. The largest absolute Gasteiger partial charge is 0.367 e. The molecule has 3 fully saturated rings. The molecule has 3 aliphatic rings. The molecule has 0 bridgehead atoms. The Balaban J connectivity index is 1.37. The summed E-state index contributed by atoms with van der Waals surface area (Å²) in [4.78, 5) is 19.9. The van der Waals surface area contributed by atoms with Crippen molar-refractivity contribution in [2.75, 3.05) is 83.2 Å². The zero-order valence-electron chi connectivity index (χ0n) is 20.0. The SMILES string of the molecule is CN1CCC(Nc2nc(N3CCN(C)CC3)nc3c2ccn3CCCN2CCCC2)CC1. The fraction of sp³-hybridized carbons (Fsp3) is 0.750. The van der Waals surface area contributed by atoms with Crippen molar-refractivity contribution >= 4 is 22.8 Å². The second kappa shape index (κ2) is 9.93. The van der Waals surface area contributed by atoms with Crippen LogP contribution in [0.5, 0.6) is 0 Å². The van der Waals surface area contributed by atoms with Gasteiger partial charge >= 0.3 is 0 Å². The van der Waals surface area contributed by atoms with E-state index < -0.39 is 0 Å². The molecule has 8 nitrogen and oxygen atoms in total. The average molecular weight is 441 g/mol. The molecular weight excluding hydrogens is 400 g/mol. The number of hydrogen-bond acceptors (Lipinski definition) is 7. The van der Waals surface area contributed by atoms with Gasteiger partial charge < -0.3 is 29.5 Å². The molecule has 5 heterocycles. The molecule has 0 spiro atoms. The van der Waals surface area contributed by atoms with E-state index in [1.807, 2.05) is 0 Å². The monoisotopic (exact) mass is 440 g/mol. The summed E-state index contributed by atoms with van der Waals surface area (Å²) in [6, 6.07) is 2.71. The first-order chi connectivity index (χ1) is 15.7. The predicted molar refractivity (Wildman–Crippen MR) is 132 cm³/mol. The van der Waals surface area contributed by atoms with Gasteiger partial charge in [-0.25, -0.2) is 0 Å². The summed E-state index contributed by atoms with van der Waals surface area (Å²) < 4.78 is 2.35. The van der Waals surface area contributed by atoms with Crippen LogP contribution in [0.1, 0.15) is 32.1 Å². The van der Waals surface area contributed by atoms with Crippen LogP contribution in [0.2, 0.25) is 0 Å². The van der Waals surface area contributed by atoms with Crippen LogP contribution >= 0.6 is 0 Å². The van der Waals surface area contributed by atoms with Crippen LogP contribution < -0.4 is 10.2 Å². The number of rotatable bonds is 7. The van der Waals surface area contributed by atoms with Gasteiger partial charge in [0, 0.05) is 45.0 Å². The number of fused-ring (bicyclic) bond motifs is 1. The molecular formula is C24H40N8. The van der Waals surface area contributed by atoms with E-state index in [1.165, 1.54) is 57.1 Å². The van der Waals surface area contributed by atoms with Crippen molar-refractivity contribution in [3.8, 4) is 0 Å². The number of likely N-dealkylation sites (N-methyl/N-ethyl adjacent to an activating group) is 1. The first-order valence-electron chi connectivity index (χ1n) is 12.6. The van der Waals surface area contributed by atoms with Crippen molar-refractivity contribution in [1.29, 1.82) is 0 Å². The molecule has 3 saturated heterocycles. The fourth-order valence-corrected chi connectivity index (χ4v) is 5.31. The zero-order valence-corrected chi connectivity index (χ0v) is 20.0. The second-order valence-electron chi connectivity index (χ2n) is 10.0. The average Bonchev–Trinajstić information content (AvgIpc) is 3.46. The highest BCUT2D eigenvalue weighted by atomic mass is 15.3. The van der Waals surface area contributed by atoms with E-state index in [9.17, 15) is 0 Å². The molecule has 2 aromatic rings. The van der Waals surface area contributed by atoms with Gasteiger partial charge in [0.15, 0.2) is 0 Å². The Morgan fingerprint density at radius 1 is 0.875 bits per heavy atom. The number of piperazine rings is 1. The molecule has 0 saturated carbocycles. The molecule has 0 radical (unpaired) electrons. The van der Waals surface area contributed by atoms with Crippen LogP contribution in [0, 0.1) is 0 Å². The molecule has 0 aromatic carbocycles. The molecule has 0 unspecified atom stereocenters. The van der Waals surface area contributed by atoms with Crippen molar-refractivity contribution in [2.45, 2.75) is 44.7 Å². The minimum Gasteiger partial charge on any atom is -0.367 e. The Morgan fingerprint density at radius 2 is 1.59 bits per heavy atom. The number of anilines is 2. The van der Waals surface area contributed by atoms with Gasteiger partial charge in [0.1, 0.15) is 11.5 Å². The predicted octanol–water partition coefficient (Wildman–Crippen LogP) is 2.18. The third kappa shape index (κ3) is 5.02. The fourth-order valence-electron chi connectivity index (χ4n) is 5.31. The van der Waals surface area contributed by atoms with Gasteiger partial charge in [0.25, 0.3) is 0 Å². The lowest BCUT2D eigenvalue weighted by molar-refractivity contribution is 0.263. The number of nitrogens with zero attached hydrogens (tertiary/aromatic N) is 7. The summed E-state index contributed by atoms with van der Waals surface area (Å²) in [5.41, 5.74) is 1.09. The smallest absolute Gasteiger partial charge is 0.229 e. The van der Waals surface area contributed by atoms with Gasteiger partial charge in [0.05, 0.1) is 5.39 Å². The Bertz CT molecular complexity index is 873. The van der Waals surface area contributed by atoms with Crippen LogP contribution in [0.25, 0.3) is 11.0 Å². The molecule has 176 valence electrons. The van der Waals surface area contributed by atoms with E-state index in [0.717, 1.165) is 63.2 Å². The van der Waals surface area contributed by atoms with Gasteiger partial charge in [-0.05, 0) is 85.0 Å². The highest BCUT2D eigenvalue weighted by Gasteiger charge is 2.23. The van der Waals surface area contributed by atoms with Crippen LogP contribution in [0.4, 0.5) is 11.8 Å². The van der Waals surface area contributed by atoms with E-state index in [-0.39, 0.29) is 0 Å². The first kappa shape index (κ1) is 21.9. The van der Waals surface area contributed by atoms with Gasteiger partial charge in [-0.2, -0.15) is 9.97 Å². The molecule has 5 rings (SSSR count). The molecule has 1 N–H and O–H groups in total. The topological polar surface area (TPSA) is 55.7 Å². The lowest BCUT2D eigenvalue weighted by atomic mass is 10.1. The van der Waals surface area contributed by atoms with Crippen LogP contribution in [-0.2, 0) is 6.54 Å². The Hall–Kier alpha value is -1.90. The van der Waals surface area contributed by atoms with Crippen molar-refractivity contribution < 1.29 is 0 Å². The number of aryl methyl sites for hydroxylation is 1. The molecule has 0 amide bonds. The maximum atomic E-state index is 5.10. The zero-order chi connectivity index (χ0) is 21.9. The van der Waals surface area contributed by atoms with E-state index in [0.29, 0.717) is 6.04 Å². The van der Waals surface area contributed by atoms with Crippen molar-refractivity contribution in [2.24, 2.45) is 0 Å². The number of aromatic nitrogens is 3. The molecule has 2 aromatic heterocycles. The highest BCUT2D eigenvalue weighted by Crippen LogP contribution is 2.27. The summed E-state index contributed by atoms with van der Waals surface area (Å²) in [6.07, 6.45) is 8.46. The van der Waals surface area contributed by atoms with E-state index >= 15 is 0 Å².